The van der Waals surface area contributed by atoms with Gasteiger partial charge in [0.15, 0.2) is 6.10 Å². The maximum absolute atomic E-state index is 14.5. The van der Waals surface area contributed by atoms with E-state index in [9.17, 15) is 28.0 Å². The molecule has 3 aromatic rings. The van der Waals surface area contributed by atoms with Crippen LogP contribution in [0.1, 0.15) is 55.5 Å². The maximum Gasteiger partial charge on any atom is 0.416 e. The summed E-state index contributed by atoms with van der Waals surface area (Å²) in [5, 5.41) is 13.1. The molecule has 1 heterocycles. The van der Waals surface area contributed by atoms with Gasteiger partial charge in [-0.25, -0.2) is 4.79 Å². The van der Waals surface area contributed by atoms with Crippen LogP contribution in [0.5, 0.6) is 5.75 Å². The lowest BCUT2D eigenvalue weighted by atomic mass is 9.84. The van der Waals surface area contributed by atoms with Crippen molar-refractivity contribution in [1.82, 2.24) is 0 Å². The number of ether oxygens (including phenoxy) is 2. The second kappa shape index (κ2) is 10.6. The number of aliphatic carboxylic acids is 1. The summed E-state index contributed by atoms with van der Waals surface area (Å²) in [6.07, 6.45) is -5.33. The topological polar surface area (TPSA) is 85.2 Å². The number of nitroso groups, excluding NO2 is 1. The van der Waals surface area contributed by atoms with Gasteiger partial charge in [0.25, 0.3) is 0 Å². The van der Waals surface area contributed by atoms with Crippen molar-refractivity contribution in [3.8, 4) is 28.0 Å². The van der Waals surface area contributed by atoms with Gasteiger partial charge >= 0.3 is 12.1 Å². The van der Waals surface area contributed by atoms with Gasteiger partial charge in [-0.15, -0.1) is 0 Å². The van der Waals surface area contributed by atoms with Crippen molar-refractivity contribution in [3.05, 3.63) is 81.8 Å². The Kier molecular flexibility index (Phi) is 7.60. The summed E-state index contributed by atoms with van der Waals surface area (Å²) in [7, 11) is 0. The molecular formula is C29H28F3NO5. The van der Waals surface area contributed by atoms with Crippen LogP contribution >= 0.6 is 0 Å². The van der Waals surface area contributed by atoms with Crippen LogP contribution in [0.2, 0.25) is 0 Å². The van der Waals surface area contributed by atoms with Gasteiger partial charge in [-0.3, -0.25) is 0 Å². The zero-order chi connectivity index (χ0) is 27.7. The molecule has 1 N–H and O–H groups in total. The molecule has 1 unspecified atom stereocenters. The average molecular weight is 528 g/mol. The molecule has 0 saturated heterocycles. The number of benzene rings is 3. The van der Waals surface area contributed by atoms with E-state index in [4.69, 9.17) is 9.47 Å². The zero-order valence-corrected chi connectivity index (χ0v) is 21.3. The minimum absolute atomic E-state index is 0.0982. The molecule has 9 heteroatoms. The Balaban J connectivity index is 2.11. The highest BCUT2D eigenvalue weighted by atomic mass is 19.4. The predicted molar refractivity (Wildman–Crippen MR) is 137 cm³/mol. The first-order valence-corrected chi connectivity index (χ1v) is 12.2. The minimum atomic E-state index is -4.85. The number of carbonyl (C=O) groups is 1. The largest absolute Gasteiger partial charge is 0.493 e. The van der Waals surface area contributed by atoms with E-state index < -0.39 is 35.0 Å². The smallest absolute Gasteiger partial charge is 0.416 e. The third kappa shape index (κ3) is 5.88. The summed E-state index contributed by atoms with van der Waals surface area (Å²) in [5.41, 5.74) is 0.175. The molecule has 0 spiro atoms. The van der Waals surface area contributed by atoms with Crippen LogP contribution in [0.15, 0.2) is 59.8 Å². The second-order valence-corrected chi connectivity index (χ2v) is 10.2. The number of hydrogen-bond acceptors (Lipinski definition) is 5. The summed E-state index contributed by atoms with van der Waals surface area (Å²) < 4.78 is 54.8. The first kappa shape index (κ1) is 27.3. The molecule has 1 aliphatic rings. The first-order chi connectivity index (χ1) is 17.9. The lowest BCUT2D eigenvalue weighted by molar-refractivity contribution is -0.163. The number of halogens is 3. The van der Waals surface area contributed by atoms with Crippen molar-refractivity contribution in [2.45, 2.75) is 58.0 Å². The van der Waals surface area contributed by atoms with Gasteiger partial charge in [0, 0.05) is 5.56 Å². The SMILES string of the molecule is CC(C)(C)OC(C(=O)O)c1c(C(F)(F)F)ccc(-c2cccc(CN=O)c2)c1-c1ccc2c(c1)CCCO2. The Morgan fingerprint density at radius 1 is 1.08 bits per heavy atom. The third-order valence-corrected chi connectivity index (χ3v) is 6.19. The Morgan fingerprint density at radius 2 is 1.84 bits per heavy atom. The maximum atomic E-state index is 14.5. The monoisotopic (exact) mass is 527 g/mol. The fraction of sp³-hybridized carbons (Fsp3) is 0.345. The Labute approximate surface area is 218 Å². The quantitative estimate of drug-likeness (QED) is 0.320. The highest BCUT2D eigenvalue weighted by Gasteiger charge is 2.41. The summed E-state index contributed by atoms with van der Waals surface area (Å²) in [6.45, 7) is 5.20. The number of aryl methyl sites for hydroxylation is 1. The van der Waals surface area contributed by atoms with Crippen molar-refractivity contribution in [2.24, 2.45) is 5.18 Å². The van der Waals surface area contributed by atoms with E-state index in [1.165, 1.54) is 6.07 Å². The lowest BCUT2D eigenvalue weighted by Crippen LogP contribution is -2.29. The Morgan fingerprint density at radius 3 is 2.50 bits per heavy atom. The molecule has 0 aromatic heterocycles. The summed E-state index contributed by atoms with van der Waals surface area (Å²) in [4.78, 5) is 23.4. The van der Waals surface area contributed by atoms with Gasteiger partial charge in [-0.1, -0.05) is 35.5 Å². The minimum Gasteiger partial charge on any atom is -0.493 e. The normalized spacial score (nSPS) is 14.4. The van der Waals surface area contributed by atoms with Gasteiger partial charge in [-0.2, -0.15) is 18.1 Å². The van der Waals surface area contributed by atoms with Crippen LogP contribution in [-0.4, -0.2) is 23.3 Å². The van der Waals surface area contributed by atoms with Gasteiger partial charge in [-0.05, 0) is 91.3 Å². The molecule has 0 saturated carbocycles. The van der Waals surface area contributed by atoms with Crippen LogP contribution < -0.4 is 4.74 Å². The number of alkyl halides is 3. The van der Waals surface area contributed by atoms with E-state index in [-0.39, 0.29) is 12.1 Å². The predicted octanol–water partition coefficient (Wildman–Crippen LogP) is 7.57. The standard InChI is InChI=1S/C29H28F3NO5/c1-28(2,3)38-26(27(34)35)25-22(29(30,31)32)11-10-21(18-7-4-6-17(14-18)16-33-36)24(25)20-9-12-23-19(15-20)8-5-13-37-23/h4,6-7,9-12,14-15,26H,5,8,13,16H2,1-3H3,(H,34,35). The molecule has 0 amide bonds. The second-order valence-electron chi connectivity index (χ2n) is 10.2. The van der Waals surface area contributed by atoms with Crippen molar-refractivity contribution >= 4 is 5.97 Å². The molecular weight excluding hydrogens is 499 g/mol. The number of nitrogens with zero attached hydrogens (tertiary/aromatic N) is 1. The molecule has 38 heavy (non-hydrogen) atoms. The van der Waals surface area contributed by atoms with Crippen LogP contribution in [0.3, 0.4) is 0 Å². The van der Waals surface area contributed by atoms with Gasteiger partial charge in [0.2, 0.25) is 0 Å². The molecule has 200 valence electrons. The van der Waals surface area contributed by atoms with Crippen molar-refractivity contribution in [2.75, 3.05) is 6.61 Å². The zero-order valence-electron chi connectivity index (χ0n) is 21.3. The van der Waals surface area contributed by atoms with Crippen molar-refractivity contribution in [1.29, 1.82) is 0 Å². The van der Waals surface area contributed by atoms with E-state index in [0.717, 1.165) is 18.1 Å². The fourth-order valence-electron chi connectivity index (χ4n) is 4.70. The third-order valence-electron chi connectivity index (χ3n) is 6.19. The molecule has 1 atom stereocenters. The number of hydrogen-bond donors (Lipinski definition) is 1. The molecule has 0 bridgehead atoms. The summed E-state index contributed by atoms with van der Waals surface area (Å²) >= 11 is 0. The van der Waals surface area contributed by atoms with Gasteiger partial charge in [0.1, 0.15) is 12.3 Å². The highest BCUT2D eigenvalue weighted by Crippen LogP contribution is 2.47. The number of carboxylic acids is 1. The lowest BCUT2D eigenvalue weighted by Gasteiger charge is -2.30. The highest BCUT2D eigenvalue weighted by molar-refractivity contribution is 5.91. The van der Waals surface area contributed by atoms with E-state index in [1.54, 1.807) is 63.2 Å². The fourth-order valence-corrected chi connectivity index (χ4v) is 4.70. The first-order valence-electron chi connectivity index (χ1n) is 12.2. The average Bonchev–Trinajstić information content (AvgIpc) is 2.85. The van der Waals surface area contributed by atoms with Crippen LogP contribution in [-0.2, 0) is 28.7 Å². The molecule has 6 nitrogen and oxygen atoms in total. The van der Waals surface area contributed by atoms with Gasteiger partial charge < -0.3 is 14.6 Å². The summed E-state index contributed by atoms with van der Waals surface area (Å²) in [6, 6.07) is 14.1. The Hall–Kier alpha value is -3.72. The molecule has 3 aromatic carbocycles. The molecule has 0 fully saturated rings. The Bertz CT molecular complexity index is 1360. The number of fused-ring (bicyclic) bond motifs is 1. The van der Waals surface area contributed by atoms with Gasteiger partial charge in [0.05, 0.1) is 17.8 Å². The molecule has 4 rings (SSSR count). The van der Waals surface area contributed by atoms with Crippen LogP contribution in [0, 0.1) is 4.91 Å². The van der Waals surface area contributed by atoms with Crippen LogP contribution in [0.25, 0.3) is 22.3 Å². The van der Waals surface area contributed by atoms with Crippen molar-refractivity contribution < 1.29 is 32.5 Å². The van der Waals surface area contributed by atoms with E-state index in [2.05, 4.69) is 5.18 Å². The molecule has 0 radical (unpaired) electrons. The number of carboxylic acid groups (broad SMARTS) is 1. The summed E-state index contributed by atoms with van der Waals surface area (Å²) in [5.74, 6) is -0.890. The molecule has 1 aliphatic heterocycles. The van der Waals surface area contributed by atoms with E-state index in [0.29, 0.717) is 41.0 Å². The van der Waals surface area contributed by atoms with E-state index in [1.807, 2.05) is 0 Å². The molecule has 0 aliphatic carbocycles. The van der Waals surface area contributed by atoms with Crippen molar-refractivity contribution in [3.63, 3.8) is 0 Å². The van der Waals surface area contributed by atoms with Crippen LogP contribution in [0.4, 0.5) is 13.2 Å². The number of rotatable bonds is 7. The van der Waals surface area contributed by atoms with E-state index >= 15 is 0 Å².